The van der Waals surface area contributed by atoms with Crippen LogP contribution in [-0.4, -0.2) is 55.2 Å². The SMILES string of the molecule is CCOC(=O)c1cc(C#N)c(SCC(=O)N[C@H]2CCS(=O)(=O)C2)nc1C. The molecule has 140 valence electrons. The summed E-state index contributed by atoms with van der Waals surface area (Å²) in [7, 11) is -3.06. The molecule has 0 bridgehead atoms. The molecule has 0 radical (unpaired) electrons. The molecule has 1 fully saturated rings. The van der Waals surface area contributed by atoms with E-state index in [9.17, 15) is 23.3 Å². The smallest absolute Gasteiger partial charge is 0.340 e. The number of aromatic nitrogens is 1. The number of pyridine rings is 1. The van der Waals surface area contributed by atoms with Gasteiger partial charge in [-0.1, -0.05) is 11.8 Å². The first-order valence-electron chi connectivity index (χ1n) is 7.97. The summed E-state index contributed by atoms with van der Waals surface area (Å²) in [6.45, 7) is 3.53. The number of ether oxygens (including phenoxy) is 1. The first-order chi connectivity index (χ1) is 12.3. The van der Waals surface area contributed by atoms with Crippen molar-refractivity contribution in [2.75, 3.05) is 23.9 Å². The monoisotopic (exact) mass is 397 g/mol. The lowest BCUT2D eigenvalue weighted by Crippen LogP contribution is -2.36. The number of nitrogens with zero attached hydrogens (tertiary/aromatic N) is 2. The molecule has 1 aromatic heterocycles. The number of rotatable bonds is 6. The summed E-state index contributed by atoms with van der Waals surface area (Å²) in [6.07, 6.45) is 0.410. The zero-order valence-corrected chi connectivity index (χ0v) is 16.1. The Bertz CT molecular complexity index is 861. The minimum absolute atomic E-state index is 0.00355. The van der Waals surface area contributed by atoms with Crippen molar-refractivity contribution in [3.63, 3.8) is 0 Å². The van der Waals surface area contributed by atoms with Crippen molar-refractivity contribution in [3.8, 4) is 6.07 Å². The van der Waals surface area contributed by atoms with Crippen LogP contribution in [0.2, 0.25) is 0 Å². The second kappa shape index (κ2) is 8.51. The maximum absolute atomic E-state index is 12.0. The van der Waals surface area contributed by atoms with Crippen LogP contribution in [0.15, 0.2) is 11.1 Å². The first-order valence-corrected chi connectivity index (χ1v) is 10.8. The van der Waals surface area contributed by atoms with Gasteiger partial charge in [-0.3, -0.25) is 4.79 Å². The van der Waals surface area contributed by atoms with Crippen molar-refractivity contribution in [1.82, 2.24) is 10.3 Å². The molecule has 1 aromatic rings. The van der Waals surface area contributed by atoms with Gasteiger partial charge in [0.05, 0.1) is 40.7 Å². The van der Waals surface area contributed by atoms with Crippen molar-refractivity contribution >= 4 is 33.5 Å². The molecular formula is C16H19N3O5S2. The number of aryl methyl sites for hydroxylation is 1. The maximum Gasteiger partial charge on any atom is 0.340 e. The van der Waals surface area contributed by atoms with Crippen molar-refractivity contribution in [1.29, 1.82) is 5.26 Å². The number of nitrogens with one attached hydrogen (secondary N) is 1. The van der Waals surface area contributed by atoms with Gasteiger partial charge in [0, 0.05) is 6.04 Å². The molecular weight excluding hydrogens is 378 g/mol. The fourth-order valence-electron chi connectivity index (χ4n) is 2.50. The zero-order chi connectivity index (χ0) is 19.3. The van der Waals surface area contributed by atoms with Gasteiger partial charge in [-0.2, -0.15) is 5.26 Å². The summed E-state index contributed by atoms with van der Waals surface area (Å²) in [5.41, 5.74) is 0.806. The number of hydrogen-bond donors (Lipinski definition) is 1. The molecule has 1 atom stereocenters. The van der Waals surface area contributed by atoms with E-state index in [2.05, 4.69) is 10.3 Å². The number of amides is 1. The van der Waals surface area contributed by atoms with Gasteiger partial charge >= 0.3 is 5.97 Å². The summed E-state index contributed by atoms with van der Waals surface area (Å²) >= 11 is 1.06. The Balaban J connectivity index is 2.03. The van der Waals surface area contributed by atoms with Gasteiger partial charge in [-0.25, -0.2) is 18.2 Å². The van der Waals surface area contributed by atoms with Crippen LogP contribution in [0.3, 0.4) is 0 Å². The molecule has 0 spiro atoms. The van der Waals surface area contributed by atoms with E-state index in [0.717, 1.165) is 11.8 Å². The Labute approximate surface area is 156 Å². The summed E-state index contributed by atoms with van der Waals surface area (Å²) in [5, 5.41) is 12.3. The second-order valence-electron chi connectivity index (χ2n) is 5.76. The van der Waals surface area contributed by atoms with Crippen molar-refractivity contribution in [3.05, 3.63) is 22.9 Å². The molecule has 0 unspecified atom stereocenters. The molecule has 8 nitrogen and oxygen atoms in total. The number of carbonyl (C=O) groups excluding carboxylic acids is 2. The number of carbonyl (C=O) groups is 2. The van der Waals surface area contributed by atoms with Crippen LogP contribution in [0.5, 0.6) is 0 Å². The molecule has 2 rings (SSSR count). The van der Waals surface area contributed by atoms with Crippen LogP contribution in [0.4, 0.5) is 0 Å². The minimum atomic E-state index is -3.06. The number of esters is 1. The fourth-order valence-corrected chi connectivity index (χ4v) is 4.99. The number of thioether (sulfide) groups is 1. The quantitative estimate of drug-likeness (QED) is 0.552. The number of sulfone groups is 1. The van der Waals surface area contributed by atoms with E-state index in [1.807, 2.05) is 6.07 Å². The average molecular weight is 397 g/mol. The van der Waals surface area contributed by atoms with Crippen LogP contribution >= 0.6 is 11.8 Å². The van der Waals surface area contributed by atoms with Gasteiger partial charge < -0.3 is 10.1 Å². The van der Waals surface area contributed by atoms with Gasteiger partial charge in [0.25, 0.3) is 0 Å². The molecule has 26 heavy (non-hydrogen) atoms. The predicted molar refractivity (Wildman–Crippen MR) is 95.6 cm³/mol. The summed E-state index contributed by atoms with van der Waals surface area (Å²) in [6, 6.07) is 3.00. The van der Waals surface area contributed by atoms with Crippen LogP contribution in [0.1, 0.15) is 35.0 Å². The van der Waals surface area contributed by atoms with Crippen LogP contribution < -0.4 is 5.32 Å². The van der Waals surface area contributed by atoms with E-state index < -0.39 is 15.8 Å². The molecule has 1 aliphatic rings. The minimum Gasteiger partial charge on any atom is -0.462 e. The lowest BCUT2D eigenvalue weighted by molar-refractivity contribution is -0.119. The Morgan fingerprint density at radius 1 is 1.50 bits per heavy atom. The molecule has 0 saturated carbocycles. The van der Waals surface area contributed by atoms with E-state index in [0.29, 0.717) is 17.1 Å². The largest absolute Gasteiger partial charge is 0.462 e. The standard InChI is InChI=1S/C16H19N3O5S2/c1-3-24-16(21)13-6-11(7-17)15(18-10(13)2)25-8-14(20)19-12-4-5-26(22,23)9-12/h6,12H,3-5,8-9H2,1-2H3,(H,19,20)/t12-/m0/s1. The number of nitriles is 1. The molecule has 1 amide bonds. The highest BCUT2D eigenvalue weighted by molar-refractivity contribution is 8.00. The molecule has 1 aliphatic heterocycles. The average Bonchev–Trinajstić information content (AvgIpc) is 2.91. The van der Waals surface area contributed by atoms with E-state index in [1.165, 1.54) is 6.07 Å². The normalized spacial score (nSPS) is 18.1. The first kappa shape index (κ1) is 20.2. The van der Waals surface area contributed by atoms with Crippen LogP contribution in [-0.2, 0) is 19.4 Å². The lowest BCUT2D eigenvalue weighted by Gasteiger charge is -2.11. The van der Waals surface area contributed by atoms with Gasteiger partial charge in [-0.15, -0.1) is 0 Å². The van der Waals surface area contributed by atoms with Crippen molar-refractivity contribution in [2.45, 2.75) is 31.3 Å². The molecule has 0 aliphatic carbocycles. The highest BCUT2D eigenvalue weighted by atomic mass is 32.2. The molecule has 1 saturated heterocycles. The molecule has 2 heterocycles. The Morgan fingerprint density at radius 2 is 2.23 bits per heavy atom. The second-order valence-corrected chi connectivity index (χ2v) is 8.96. The van der Waals surface area contributed by atoms with Gasteiger partial charge in [-0.05, 0) is 26.3 Å². The Hall–Kier alpha value is -2.12. The summed E-state index contributed by atoms with van der Waals surface area (Å²) in [5.74, 6) is -0.838. The third-order valence-corrected chi connectivity index (χ3v) is 6.49. The van der Waals surface area contributed by atoms with Crippen molar-refractivity contribution < 1.29 is 22.7 Å². The third-order valence-electron chi connectivity index (χ3n) is 3.73. The van der Waals surface area contributed by atoms with Crippen LogP contribution in [0, 0.1) is 18.3 Å². The Kier molecular flexibility index (Phi) is 6.61. The summed E-state index contributed by atoms with van der Waals surface area (Å²) in [4.78, 5) is 28.1. The highest BCUT2D eigenvalue weighted by Crippen LogP contribution is 2.23. The van der Waals surface area contributed by atoms with Crippen LogP contribution in [0.25, 0.3) is 0 Å². The zero-order valence-electron chi connectivity index (χ0n) is 14.4. The van der Waals surface area contributed by atoms with Gasteiger partial charge in [0.2, 0.25) is 5.91 Å². The molecule has 10 heteroatoms. The van der Waals surface area contributed by atoms with E-state index in [4.69, 9.17) is 4.74 Å². The van der Waals surface area contributed by atoms with E-state index in [1.54, 1.807) is 13.8 Å². The third kappa shape index (κ3) is 5.19. The molecule has 0 aromatic carbocycles. The predicted octanol–water partition coefficient (Wildman–Crippen LogP) is 0.834. The molecule has 1 N–H and O–H groups in total. The van der Waals surface area contributed by atoms with E-state index >= 15 is 0 Å². The topological polar surface area (TPSA) is 126 Å². The summed E-state index contributed by atoms with van der Waals surface area (Å²) < 4.78 is 27.8. The lowest BCUT2D eigenvalue weighted by atomic mass is 10.1. The Morgan fingerprint density at radius 3 is 2.81 bits per heavy atom. The maximum atomic E-state index is 12.0. The van der Waals surface area contributed by atoms with Gasteiger partial charge in [0.15, 0.2) is 9.84 Å². The van der Waals surface area contributed by atoms with E-state index in [-0.39, 0.29) is 46.9 Å². The van der Waals surface area contributed by atoms with Gasteiger partial charge in [0.1, 0.15) is 11.1 Å². The number of hydrogen-bond acceptors (Lipinski definition) is 8. The fraction of sp³-hybridized carbons (Fsp3) is 0.500. The highest BCUT2D eigenvalue weighted by Gasteiger charge is 2.29. The van der Waals surface area contributed by atoms with Crippen molar-refractivity contribution in [2.24, 2.45) is 0 Å².